The van der Waals surface area contributed by atoms with E-state index in [0.29, 0.717) is 18.1 Å². The number of fused-ring (bicyclic) bond motifs is 1. The van der Waals surface area contributed by atoms with Crippen molar-refractivity contribution in [1.82, 2.24) is 4.90 Å². The zero-order valence-corrected chi connectivity index (χ0v) is 14.6. The molecule has 4 rings (SSSR count). The Morgan fingerprint density at radius 3 is 2.62 bits per heavy atom. The van der Waals surface area contributed by atoms with E-state index in [1.807, 2.05) is 30.3 Å². The normalized spacial score (nSPS) is 20.7. The smallest absolute Gasteiger partial charge is 0.166 e. The highest BCUT2D eigenvalue weighted by Gasteiger charge is 2.29. The largest absolute Gasteiger partial charge is 0.486 e. The van der Waals surface area contributed by atoms with E-state index in [1.54, 1.807) is 6.07 Å². The molecule has 1 unspecified atom stereocenters. The van der Waals surface area contributed by atoms with Crippen molar-refractivity contribution in [3.63, 3.8) is 0 Å². The summed E-state index contributed by atoms with van der Waals surface area (Å²) in [7, 11) is 0. The van der Waals surface area contributed by atoms with Gasteiger partial charge in [-0.25, -0.2) is 4.39 Å². The zero-order valence-electron chi connectivity index (χ0n) is 14.6. The third-order valence-electron chi connectivity index (χ3n) is 5.10. The van der Waals surface area contributed by atoms with Crippen LogP contribution in [0.15, 0.2) is 48.5 Å². The molecule has 0 spiro atoms. The number of carbonyl (C=O) groups is 1. The van der Waals surface area contributed by atoms with Gasteiger partial charge in [0, 0.05) is 24.1 Å². The lowest BCUT2D eigenvalue weighted by Crippen LogP contribution is -2.45. The Labute approximate surface area is 152 Å². The van der Waals surface area contributed by atoms with Gasteiger partial charge in [0.1, 0.15) is 18.5 Å². The van der Waals surface area contributed by atoms with Crippen LogP contribution in [0.25, 0.3) is 0 Å². The molecule has 1 saturated heterocycles. The number of Topliss-reactive ketones (excluding diaryl/α,β-unsaturated/α-hetero) is 1. The molecule has 1 fully saturated rings. The predicted octanol–water partition coefficient (Wildman–Crippen LogP) is 3.56. The average molecular weight is 355 g/mol. The van der Waals surface area contributed by atoms with Gasteiger partial charge in [-0.1, -0.05) is 30.3 Å². The van der Waals surface area contributed by atoms with Crippen LogP contribution in [-0.4, -0.2) is 43.0 Å². The number of rotatable bonds is 4. The molecule has 0 aromatic heterocycles. The third-order valence-corrected chi connectivity index (χ3v) is 5.10. The van der Waals surface area contributed by atoms with Crippen molar-refractivity contribution < 1.29 is 18.7 Å². The van der Waals surface area contributed by atoms with Crippen molar-refractivity contribution in [3.05, 3.63) is 59.9 Å². The van der Waals surface area contributed by atoms with E-state index in [0.717, 1.165) is 38.0 Å². The van der Waals surface area contributed by atoms with E-state index < -0.39 is 0 Å². The molecule has 0 aliphatic carbocycles. The summed E-state index contributed by atoms with van der Waals surface area (Å²) in [6.45, 7) is 2.90. The van der Waals surface area contributed by atoms with E-state index >= 15 is 0 Å². The third kappa shape index (κ3) is 3.73. The monoisotopic (exact) mass is 355 g/mol. The highest BCUT2D eigenvalue weighted by Crippen LogP contribution is 2.32. The van der Waals surface area contributed by atoms with Crippen LogP contribution < -0.4 is 9.47 Å². The molecule has 2 aliphatic heterocycles. The number of carbonyl (C=O) groups excluding carboxylic acids is 1. The van der Waals surface area contributed by atoms with Crippen molar-refractivity contribution >= 4 is 5.78 Å². The van der Waals surface area contributed by atoms with Gasteiger partial charge < -0.3 is 9.47 Å². The molecule has 26 heavy (non-hydrogen) atoms. The van der Waals surface area contributed by atoms with E-state index in [1.165, 1.54) is 12.1 Å². The van der Waals surface area contributed by atoms with Crippen LogP contribution in [-0.2, 0) is 0 Å². The number of ether oxygens (including phenoxy) is 2. The van der Waals surface area contributed by atoms with Crippen LogP contribution in [0.3, 0.4) is 0 Å². The number of hydrogen-bond acceptors (Lipinski definition) is 4. The molecular formula is C21H22FNO3. The highest BCUT2D eigenvalue weighted by molar-refractivity contribution is 5.97. The molecule has 0 N–H and O–H groups in total. The number of piperidine rings is 1. The van der Waals surface area contributed by atoms with Crippen molar-refractivity contribution in [2.24, 2.45) is 5.92 Å². The van der Waals surface area contributed by atoms with Crippen molar-refractivity contribution in [1.29, 1.82) is 0 Å². The van der Waals surface area contributed by atoms with Gasteiger partial charge in [0.25, 0.3) is 0 Å². The molecule has 1 atom stereocenters. The first-order valence-corrected chi connectivity index (χ1v) is 9.09. The maximum absolute atomic E-state index is 13.4. The second kappa shape index (κ2) is 7.46. The maximum atomic E-state index is 13.4. The number of hydrogen-bond donors (Lipinski definition) is 0. The minimum Gasteiger partial charge on any atom is -0.486 e. The van der Waals surface area contributed by atoms with E-state index in [-0.39, 0.29) is 23.6 Å². The molecule has 0 bridgehead atoms. The Morgan fingerprint density at radius 2 is 1.85 bits per heavy atom. The van der Waals surface area contributed by atoms with Crippen LogP contribution in [0.5, 0.6) is 11.5 Å². The Morgan fingerprint density at radius 1 is 1.08 bits per heavy atom. The number of halogens is 1. The average Bonchev–Trinajstić information content (AvgIpc) is 2.68. The van der Waals surface area contributed by atoms with Crippen LogP contribution in [0.4, 0.5) is 4.39 Å². The molecule has 5 heteroatoms. The van der Waals surface area contributed by atoms with Gasteiger partial charge in [-0.3, -0.25) is 9.69 Å². The Balaban J connectivity index is 1.30. The summed E-state index contributed by atoms with van der Waals surface area (Å²) in [5.74, 6) is 1.07. The van der Waals surface area contributed by atoms with E-state index in [2.05, 4.69) is 4.90 Å². The summed E-state index contributed by atoms with van der Waals surface area (Å²) in [5, 5.41) is 0. The molecular weight excluding hydrogens is 333 g/mol. The topological polar surface area (TPSA) is 38.8 Å². The zero-order chi connectivity index (χ0) is 17.9. The van der Waals surface area contributed by atoms with Crippen molar-refractivity contribution in [3.8, 4) is 11.5 Å². The molecule has 4 nitrogen and oxygen atoms in total. The number of benzene rings is 2. The number of nitrogens with zero attached hydrogens (tertiary/aromatic N) is 1. The summed E-state index contributed by atoms with van der Waals surface area (Å²) in [5.41, 5.74) is 0.800. The van der Waals surface area contributed by atoms with Crippen LogP contribution in [0.2, 0.25) is 0 Å². The fraction of sp³-hybridized carbons (Fsp3) is 0.381. The first-order valence-electron chi connectivity index (χ1n) is 9.09. The number of likely N-dealkylation sites (tertiary alicyclic amines) is 1. The van der Waals surface area contributed by atoms with Gasteiger partial charge in [-0.05, 0) is 38.1 Å². The van der Waals surface area contributed by atoms with Crippen molar-refractivity contribution in [2.45, 2.75) is 18.9 Å². The molecule has 136 valence electrons. The van der Waals surface area contributed by atoms with Gasteiger partial charge in [0.05, 0.1) is 0 Å². The van der Waals surface area contributed by atoms with E-state index in [9.17, 15) is 9.18 Å². The molecule has 0 amide bonds. The first kappa shape index (κ1) is 17.0. The van der Waals surface area contributed by atoms with Crippen LogP contribution >= 0.6 is 0 Å². The van der Waals surface area contributed by atoms with E-state index in [4.69, 9.17) is 9.47 Å². The fourth-order valence-corrected chi connectivity index (χ4v) is 3.68. The molecule has 2 aromatic carbocycles. The lowest BCUT2D eigenvalue weighted by molar-refractivity contribution is 0.0459. The molecule has 0 saturated carbocycles. The Bertz CT molecular complexity index is 772. The van der Waals surface area contributed by atoms with Gasteiger partial charge in [0.15, 0.2) is 17.3 Å². The molecule has 0 radical (unpaired) electrons. The first-order chi connectivity index (χ1) is 12.7. The number of ketones is 1. The second-order valence-electron chi connectivity index (χ2n) is 6.95. The van der Waals surface area contributed by atoms with Crippen molar-refractivity contribution in [2.75, 3.05) is 26.2 Å². The van der Waals surface area contributed by atoms with Gasteiger partial charge in [-0.15, -0.1) is 0 Å². The van der Waals surface area contributed by atoms with Gasteiger partial charge in [0.2, 0.25) is 0 Å². The summed E-state index contributed by atoms with van der Waals surface area (Å²) >= 11 is 0. The highest BCUT2D eigenvalue weighted by atomic mass is 19.1. The molecule has 2 aromatic rings. The van der Waals surface area contributed by atoms with Gasteiger partial charge >= 0.3 is 0 Å². The molecule has 2 aliphatic rings. The Kier molecular flexibility index (Phi) is 4.89. The summed E-state index contributed by atoms with van der Waals surface area (Å²) in [6, 6.07) is 13.9. The summed E-state index contributed by atoms with van der Waals surface area (Å²) in [4.78, 5) is 14.9. The minimum atomic E-state index is -0.326. The summed E-state index contributed by atoms with van der Waals surface area (Å²) < 4.78 is 24.9. The summed E-state index contributed by atoms with van der Waals surface area (Å²) in [6.07, 6.45) is 1.59. The van der Waals surface area contributed by atoms with Crippen LogP contribution in [0.1, 0.15) is 23.2 Å². The van der Waals surface area contributed by atoms with Gasteiger partial charge in [-0.2, -0.15) is 0 Å². The quantitative estimate of drug-likeness (QED) is 0.786. The predicted molar refractivity (Wildman–Crippen MR) is 96.2 cm³/mol. The SMILES string of the molecule is O=C(c1ccccc1)C1CCN(CC2COc3ccc(F)cc3O2)CC1. The second-order valence-corrected chi connectivity index (χ2v) is 6.95. The standard InChI is InChI=1S/C21H22FNO3/c22-17-6-7-19-20(12-17)26-18(14-25-19)13-23-10-8-16(9-11-23)21(24)15-4-2-1-3-5-15/h1-7,12,16,18H,8-11,13-14H2. The Hall–Kier alpha value is -2.40. The van der Waals surface area contributed by atoms with Crippen LogP contribution in [0, 0.1) is 11.7 Å². The lowest BCUT2D eigenvalue weighted by Gasteiger charge is -2.35. The maximum Gasteiger partial charge on any atom is 0.166 e. The lowest BCUT2D eigenvalue weighted by atomic mass is 9.89. The minimum absolute atomic E-state index is 0.0898. The fourth-order valence-electron chi connectivity index (χ4n) is 3.68. The molecule has 2 heterocycles.